The van der Waals surface area contributed by atoms with Gasteiger partial charge in [-0.2, -0.15) is 0 Å². The Balaban J connectivity index is 2.09. The molecule has 0 radical (unpaired) electrons. The first kappa shape index (κ1) is 13.7. The van der Waals surface area contributed by atoms with Crippen molar-refractivity contribution in [3.05, 3.63) is 0 Å². The Morgan fingerprint density at radius 1 is 1.38 bits per heavy atom. The van der Waals surface area contributed by atoms with Crippen LogP contribution in [0.5, 0.6) is 0 Å². The van der Waals surface area contributed by atoms with Crippen LogP contribution in [0, 0.1) is 5.92 Å². The van der Waals surface area contributed by atoms with Crippen LogP contribution in [0.25, 0.3) is 0 Å². The molecule has 16 heavy (non-hydrogen) atoms. The van der Waals surface area contributed by atoms with E-state index in [-0.39, 0.29) is 11.8 Å². The Morgan fingerprint density at radius 3 is 2.56 bits per heavy atom. The molecule has 1 fully saturated rings. The minimum absolute atomic E-state index is 0.0594. The molecule has 0 saturated carbocycles. The maximum Gasteiger partial charge on any atom is 0.224 e. The molecular formula is C11H22ClN3O. The molecule has 1 heterocycles. The number of amides is 1. The number of hydrogen-bond acceptors (Lipinski definition) is 3. The van der Waals surface area contributed by atoms with Gasteiger partial charge in [0.15, 0.2) is 0 Å². The van der Waals surface area contributed by atoms with E-state index in [2.05, 4.69) is 22.2 Å². The molecule has 5 heteroatoms. The quantitative estimate of drug-likeness (QED) is 0.707. The summed E-state index contributed by atoms with van der Waals surface area (Å²) in [5, 5.41) is 2.91. The molecule has 1 rings (SSSR count). The van der Waals surface area contributed by atoms with Crippen LogP contribution < -0.4 is 5.32 Å². The lowest BCUT2D eigenvalue weighted by atomic mass is 10.2. The van der Waals surface area contributed by atoms with Gasteiger partial charge in [0.2, 0.25) is 5.91 Å². The van der Waals surface area contributed by atoms with Crippen LogP contribution >= 0.6 is 11.6 Å². The molecule has 0 aromatic heterocycles. The van der Waals surface area contributed by atoms with E-state index in [0.717, 1.165) is 39.3 Å². The standard InChI is InChI=1S/C11H22ClN3O/c1-10(9-12)11(16)13-3-4-15-7-5-14(2)6-8-15/h10H,3-9H2,1-2H3,(H,13,16). The van der Waals surface area contributed by atoms with Crippen molar-refractivity contribution in [3.63, 3.8) is 0 Å². The second kappa shape index (κ2) is 7.09. The zero-order chi connectivity index (χ0) is 12.0. The van der Waals surface area contributed by atoms with Crippen molar-refractivity contribution in [2.24, 2.45) is 5.92 Å². The highest BCUT2D eigenvalue weighted by molar-refractivity contribution is 6.19. The Morgan fingerprint density at radius 2 is 2.00 bits per heavy atom. The zero-order valence-electron chi connectivity index (χ0n) is 10.2. The summed E-state index contributed by atoms with van der Waals surface area (Å²) in [4.78, 5) is 16.2. The van der Waals surface area contributed by atoms with E-state index in [1.54, 1.807) is 0 Å². The first-order valence-electron chi connectivity index (χ1n) is 5.88. The largest absolute Gasteiger partial charge is 0.355 e. The molecule has 1 unspecified atom stereocenters. The maximum atomic E-state index is 11.4. The summed E-state index contributed by atoms with van der Waals surface area (Å²) in [6.45, 7) is 7.93. The van der Waals surface area contributed by atoms with Gasteiger partial charge in [-0.15, -0.1) is 11.6 Å². The van der Waals surface area contributed by atoms with Crippen molar-refractivity contribution in [2.45, 2.75) is 6.92 Å². The molecule has 4 nitrogen and oxygen atoms in total. The number of nitrogens with one attached hydrogen (secondary N) is 1. The SMILES string of the molecule is CC(CCl)C(=O)NCCN1CCN(C)CC1. The van der Waals surface area contributed by atoms with Crippen LogP contribution in [0.2, 0.25) is 0 Å². The molecule has 1 N–H and O–H groups in total. The first-order valence-corrected chi connectivity index (χ1v) is 6.41. The van der Waals surface area contributed by atoms with Gasteiger partial charge in [-0.05, 0) is 7.05 Å². The summed E-state index contributed by atoms with van der Waals surface area (Å²) in [5.74, 6) is 0.360. The topological polar surface area (TPSA) is 35.6 Å². The molecule has 1 aliphatic heterocycles. The van der Waals surface area contributed by atoms with Crippen LogP contribution in [0.4, 0.5) is 0 Å². The van der Waals surface area contributed by atoms with Gasteiger partial charge in [-0.3, -0.25) is 9.69 Å². The molecule has 0 spiro atoms. The highest BCUT2D eigenvalue weighted by Gasteiger charge is 2.14. The molecule has 0 aromatic rings. The number of nitrogens with zero attached hydrogens (tertiary/aromatic N) is 2. The third kappa shape index (κ3) is 4.68. The minimum Gasteiger partial charge on any atom is -0.355 e. The van der Waals surface area contributed by atoms with Crippen LogP contribution in [0.1, 0.15) is 6.92 Å². The summed E-state index contributed by atoms with van der Waals surface area (Å²) in [7, 11) is 2.14. The smallest absolute Gasteiger partial charge is 0.224 e. The summed E-state index contributed by atoms with van der Waals surface area (Å²) in [5.41, 5.74) is 0. The van der Waals surface area contributed by atoms with Gasteiger partial charge in [0.05, 0.1) is 0 Å². The Labute approximate surface area is 103 Å². The number of carbonyl (C=O) groups excluding carboxylic acids is 1. The summed E-state index contributed by atoms with van der Waals surface area (Å²) >= 11 is 5.61. The number of likely N-dealkylation sites (N-methyl/N-ethyl adjacent to an activating group) is 1. The summed E-state index contributed by atoms with van der Waals surface area (Å²) in [6, 6.07) is 0. The fourth-order valence-electron chi connectivity index (χ4n) is 1.65. The van der Waals surface area contributed by atoms with Crippen molar-refractivity contribution in [2.75, 3.05) is 52.2 Å². The van der Waals surface area contributed by atoms with Crippen molar-refractivity contribution in [3.8, 4) is 0 Å². The average molecular weight is 248 g/mol. The Hall–Kier alpha value is -0.320. The van der Waals surface area contributed by atoms with Gasteiger partial charge >= 0.3 is 0 Å². The van der Waals surface area contributed by atoms with E-state index in [1.165, 1.54) is 0 Å². The molecule has 94 valence electrons. The molecule has 1 atom stereocenters. The lowest BCUT2D eigenvalue weighted by Gasteiger charge is -2.32. The monoisotopic (exact) mass is 247 g/mol. The van der Waals surface area contributed by atoms with Gasteiger partial charge in [0.25, 0.3) is 0 Å². The number of hydrogen-bond donors (Lipinski definition) is 1. The highest BCUT2D eigenvalue weighted by atomic mass is 35.5. The second-order valence-electron chi connectivity index (χ2n) is 4.49. The van der Waals surface area contributed by atoms with E-state index in [9.17, 15) is 4.79 Å². The highest BCUT2D eigenvalue weighted by Crippen LogP contribution is 1.99. The van der Waals surface area contributed by atoms with E-state index in [0.29, 0.717) is 5.88 Å². The lowest BCUT2D eigenvalue weighted by Crippen LogP contribution is -2.47. The summed E-state index contributed by atoms with van der Waals surface area (Å²) < 4.78 is 0. The third-order valence-electron chi connectivity index (χ3n) is 3.00. The molecule has 0 bridgehead atoms. The number of carbonyl (C=O) groups is 1. The van der Waals surface area contributed by atoms with Crippen LogP contribution in [-0.4, -0.2) is 67.9 Å². The number of piperazine rings is 1. The van der Waals surface area contributed by atoms with Crippen LogP contribution in [-0.2, 0) is 4.79 Å². The van der Waals surface area contributed by atoms with Crippen molar-refractivity contribution in [1.29, 1.82) is 0 Å². The van der Waals surface area contributed by atoms with Crippen LogP contribution in [0.15, 0.2) is 0 Å². The van der Waals surface area contributed by atoms with Crippen molar-refractivity contribution < 1.29 is 4.79 Å². The average Bonchev–Trinajstić information content (AvgIpc) is 2.30. The maximum absolute atomic E-state index is 11.4. The molecular weight excluding hydrogens is 226 g/mol. The molecule has 0 aliphatic carbocycles. The zero-order valence-corrected chi connectivity index (χ0v) is 11.0. The summed E-state index contributed by atoms with van der Waals surface area (Å²) in [6.07, 6.45) is 0. The van der Waals surface area contributed by atoms with E-state index in [4.69, 9.17) is 11.6 Å². The minimum atomic E-state index is -0.0887. The van der Waals surface area contributed by atoms with Crippen LogP contribution in [0.3, 0.4) is 0 Å². The normalized spacial score (nSPS) is 20.7. The van der Waals surface area contributed by atoms with Gasteiger partial charge in [0.1, 0.15) is 0 Å². The van der Waals surface area contributed by atoms with Gasteiger partial charge in [-0.1, -0.05) is 6.92 Å². The van der Waals surface area contributed by atoms with Gasteiger partial charge in [0, 0.05) is 51.1 Å². The van der Waals surface area contributed by atoms with E-state index < -0.39 is 0 Å². The molecule has 0 aromatic carbocycles. The van der Waals surface area contributed by atoms with Crippen molar-refractivity contribution >= 4 is 17.5 Å². The molecule has 1 amide bonds. The van der Waals surface area contributed by atoms with Gasteiger partial charge < -0.3 is 10.2 Å². The fraction of sp³-hybridized carbons (Fsp3) is 0.909. The first-order chi connectivity index (χ1) is 7.63. The van der Waals surface area contributed by atoms with E-state index in [1.807, 2.05) is 6.92 Å². The number of alkyl halides is 1. The molecule has 1 saturated heterocycles. The van der Waals surface area contributed by atoms with E-state index >= 15 is 0 Å². The number of rotatable bonds is 5. The van der Waals surface area contributed by atoms with Gasteiger partial charge in [-0.25, -0.2) is 0 Å². The van der Waals surface area contributed by atoms with Crippen molar-refractivity contribution in [1.82, 2.24) is 15.1 Å². The predicted octanol–water partition coefficient (Wildman–Crippen LogP) is 0.225. The lowest BCUT2D eigenvalue weighted by molar-refractivity contribution is -0.123. The predicted molar refractivity (Wildman–Crippen MR) is 66.8 cm³/mol. The second-order valence-corrected chi connectivity index (χ2v) is 4.80. The fourth-order valence-corrected chi connectivity index (χ4v) is 1.79. The Bertz CT molecular complexity index is 217. The third-order valence-corrected chi connectivity index (χ3v) is 3.47. The number of halogens is 1. The Kier molecular flexibility index (Phi) is 6.09. The molecule has 1 aliphatic rings.